The molecule has 0 heterocycles. The molecule has 3 N–H and O–H groups in total. The van der Waals surface area contributed by atoms with E-state index in [2.05, 4.69) is 21.9 Å². The zero-order chi connectivity index (χ0) is 21.9. The summed E-state index contributed by atoms with van der Waals surface area (Å²) in [6.45, 7) is 7.30. The van der Waals surface area contributed by atoms with Crippen LogP contribution in [0.1, 0.15) is 35.3 Å². The van der Waals surface area contributed by atoms with Crippen molar-refractivity contribution in [2.24, 2.45) is 5.92 Å². The molecular formula is C24H29N3O3. The van der Waals surface area contributed by atoms with Gasteiger partial charge in [-0.25, -0.2) is 4.79 Å². The van der Waals surface area contributed by atoms with Crippen LogP contribution in [0.5, 0.6) is 5.75 Å². The van der Waals surface area contributed by atoms with Crippen molar-refractivity contribution in [1.82, 2.24) is 10.6 Å². The van der Waals surface area contributed by atoms with Gasteiger partial charge < -0.3 is 20.7 Å². The van der Waals surface area contributed by atoms with Gasteiger partial charge in [0.1, 0.15) is 12.4 Å². The number of carbonyl (C=O) groups is 2. The molecule has 3 amide bonds. The molecule has 2 rings (SSSR count). The van der Waals surface area contributed by atoms with Gasteiger partial charge in [0.15, 0.2) is 0 Å². The van der Waals surface area contributed by atoms with E-state index in [0.717, 1.165) is 16.9 Å². The highest BCUT2D eigenvalue weighted by Crippen LogP contribution is 2.17. The third-order valence-corrected chi connectivity index (χ3v) is 4.35. The number of hydrogen-bond acceptors (Lipinski definition) is 3. The van der Waals surface area contributed by atoms with E-state index in [0.29, 0.717) is 36.7 Å². The monoisotopic (exact) mass is 407 g/mol. The van der Waals surface area contributed by atoms with Crippen LogP contribution in [-0.2, 0) is 6.42 Å². The van der Waals surface area contributed by atoms with Crippen LogP contribution in [-0.4, -0.2) is 31.6 Å². The molecule has 0 bridgehead atoms. The molecular weight excluding hydrogens is 378 g/mol. The Labute approximate surface area is 178 Å². The molecule has 0 radical (unpaired) electrons. The molecule has 30 heavy (non-hydrogen) atoms. The van der Waals surface area contributed by atoms with Crippen molar-refractivity contribution in [2.45, 2.75) is 27.2 Å². The van der Waals surface area contributed by atoms with Crippen molar-refractivity contribution in [3.8, 4) is 18.1 Å². The van der Waals surface area contributed by atoms with Gasteiger partial charge in [0.05, 0.1) is 0 Å². The summed E-state index contributed by atoms with van der Waals surface area (Å²) in [4.78, 5) is 24.3. The number of aryl methyl sites for hydroxylation is 1. The van der Waals surface area contributed by atoms with E-state index < -0.39 is 0 Å². The molecule has 0 spiro atoms. The van der Waals surface area contributed by atoms with E-state index in [1.54, 1.807) is 18.2 Å². The molecule has 0 aliphatic carbocycles. The van der Waals surface area contributed by atoms with Crippen molar-refractivity contribution in [3.05, 3.63) is 59.2 Å². The molecule has 0 atom stereocenters. The van der Waals surface area contributed by atoms with E-state index in [9.17, 15) is 9.59 Å². The minimum absolute atomic E-state index is 0.112. The summed E-state index contributed by atoms with van der Waals surface area (Å²) in [7, 11) is 0. The van der Waals surface area contributed by atoms with E-state index in [-0.39, 0.29) is 18.5 Å². The van der Waals surface area contributed by atoms with Crippen LogP contribution >= 0.6 is 0 Å². The lowest BCUT2D eigenvalue weighted by Gasteiger charge is -2.12. The SMILES string of the molecule is C#CCOc1ccc(CCNC(=O)Nc2ccc(C(=O)NCC(C)C)cc2C)cc1. The molecule has 0 fully saturated rings. The number of ether oxygens (including phenoxy) is 1. The Morgan fingerprint density at radius 2 is 1.83 bits per heavy atom. The normalized spacial score (nSPS) is 10.2. The topological polar surface area (TPSA) is 79.5 Å². The highest BCUT2D eigenvalue weighted by atomic mass is 16.5. The zero-order valence-electron chi connectivity index (χ0n) is 17.7. The minimum atomic E-state index is -0.288. The van der Waals surface area contributed by atoms with E-state index in [4.69, 9.17) is 11.2 Å². The van der Waals surface area contributed by atoms with Gasteiger partial charge in [-0.15, -0.1) is 6.42 Å². The van der Waals surface area contributed by atoms with Gasteiger partial charge >= 0.3 is 6.03 Å². The largest absolute Gasteiger partial charge is 0.481 e. The van der Waals surface area contributed by atoms with Gasteiger partial charge in [0.2, 0.25) is 0 Å². The third kappa shape index (κ3) is 7.51. The number of hydrogen-bond donors (Lipinski definition) is 3. The summed E-state index contributed by atoms with van der Waals surface area (Å²) in [5.74, 6) is 3.42. The van der Waals surface area contributed by atoms with Crippen molar-refractivity contribution < 1.29 is 14.3 Å². The van der Waals surface area contributed by atoms with Crippen LogP contribution < -0.4 is 20.7 Å². The van der Waals surface area contributed by atoms with Crippen LogP contribution in [0, 0.1) is 25.2 Å². The Balaban J connectivity index is 1.80. The average Bonchev–Trinajstić information content (AvgIpc) is 2.72. The van der Waals surface area contributed by atoms with Crippen molar-refractivity contribution in [1.29, 1.82) is 0 Å². The fraction of sp³-hybridized carbons (Fsp3) is 0.333. The molecule has 0 saturated heterocycles. The number of rotatable bonds is 9. The lowest BCUT2D eigenvalue weighted by Crippen LogP contribution is -2.31. The second-order valence-corrected chi connectivity index (χ2v) is 7.40. The van der Waals surface area contributed by atoms with Gasteiger partial charge in [0.25, 0.3) is 5.91 Å². The first-order valence-electron chi connectivity index (χ1n) is 9.98. The highest BCUT2D eigenvalue weighted by molar-refractivity contribution is 5.96. The number of nitrogens with one attached hydrogen (secondary N) is 3. The first-order chi connectivity index (χ1) is 14.4. The smallest absolute Gasteiger partial charge is 0.319 e. The van der Waals surface area contributed by atoms with Crippen LogP contribution in [0.25, 0.3) is 0 Å². The quantitative estimate of drug-likeness (QED) is 0.554. The molecule has 0 saturated carbocycles. The van der Waals surface area contributed by atoms with E-state index >= 15 is 0 Å². The maximum absolute atomic E-state index is 12.2. The third-order valence-electron chi connectivity index (χ3n) is 4.35. The summed E-state index contributed by atoms with van der Waals surface area (Å²) in [5.41, 5.74) is 3.15. The highest BCUT2D eigenvalue weighted by Gasteiger charge is 2.10. The maximum atomic E-state index is 12.2. The molecule has 0 aromatic heterocycles. The standard InChI is InChI=1S/C24H29N3O3/c1-5-14-30-21-9-6-19(7-10-21)12-13-25-24(29)27-22-11-8-20(15-18(22)4)23(28)26-16-17(2)3/h1,6-11,15,17H,12-14,16H2,2-4H3,(H,26,28)(H2,25,27,29). The molecule has 6 nitrogen and oxygen atoms in total. The number of carbonyl (C=O) groups excluding carboxylic acids is 2. The number of anilines is 1. The molecule has 2 aromatic rings. The van der Waals surface area contributed by atoms with Crippen LogP contribution in [0.4, 0.5) is 10.5 Å². The molecule has 6 heteroatoms. The summed E-state index contributed by atoms with van der Waals surface area (Å²) in [5, 5.41) is 8.55. The van der Waals surface area contributed by atoms with E-state index in [1.807, 2.05) is 45.0 Å². The predicted octanol–water partition coefficient (Wildman–Crippen LogP) is 3.76. The number of terminal acetylenes is 1. The number of urea groups is 1. The molecule has 2 aromatic carbocycles. The number of benzene rings is 2. The van der Waals surface area contributed by atoms with Crippen molar-refractivity contribution in [3.63, 3.8) is 0 Å². The van der Waals surface area contributed by atoms with Crippen LogP contribution in [0.2, 0.25) is 0 Å². The second kappa shape index (κ2) is 11.5. The molecule has 0 unspecified atom stereocenters. The Morgan fingerprint density at radius 1 is 1.10 bits per heavy atom. The summed E-state index contributed by atoms with van der Waals surface area (Å²) in [6.07, 6.45) is 5.86. The van der Waals surface area contributed by atoms with Gasteiger partial charge in [-0.1, -0.05) is 31.9 Å². The van der Waals surface area contributed by atoms with Crippen molar-refractivity contribution >= 4 is 17.6 Å². The van der Waals surface area contributed by atoms with Crippen LogP contribution in [0.15, 0.2) is 42.5 Å². The minimum Gasteiger partial charge on any atom is -0.481 e. The summed E-state index contributed by atoms with van der Waals surface area (Å²) in [6, 6.07) is 12.5. The first kappa shape index (κ1) is 22.8. The summed E-state index contributed by atoms with van der Waals surface area (Å²) >= 11 is 0. The molecule has 158 valence electrons. The Morgan fingerprint density at radius 3 is 2.47 bits per heavy atom. The number of amides is 3. The Kier molecular flexibility index (Phi) is 8.76. The fourth-order valence-electron chi connectivity index (χ4n) is 2.71. The average molecular weight is 408 g/mol. The van der Waals surface area contributed by atoms with Gasteiger partial charge in [-0.2, -0.15) is 0 Å². The lowest BCUT2D eigenvalue weighted by atomic mass is 10.1. The molecule has 0 aliphatic heterocycles. The Hall–Kier alpha value is -3.46. The van der Waals surface area contributed by atoms with E-state index in [1.165, 1.54) is 0 Å². The van der Waals surface area contributed by atoms with Crippen LogP contribution in [0.3, 0.4) is 0 Å². The van der Waals surface area contributed by atoms with Gasteiger partial charge in [-0.3, -0.25) is 4.79 Å². The second-order valence-electron chi connectivity index (χ2n) is 7.40. The lowest BCUT2D eigenvalue weighted by molar-refractivity contribution is 0.0949. The zero-order valence-corrected chi connectivity index (χ0v) is 17.7. The fourth-order valence-corrected chi connectivity index (χ4v) is 2.71. The van der Waals surface area contributed by atoms with Gasteiger partial charge in [0, 0.05) is 24.3 Å². The van der Waals surface area contributed by atoms with Gasteiger partial charge in [-0.05, 0) is 60.7 Å². The predicted molar refractivity (Wildman–Crippen MR) is 120 cm³/mol. The maximum Gasteiger partial charge on any atom is 0.319 e. The van der Waals surface area contributed by atoms with Crippen molar-refractivity contribution in [2.75, 3.05) is 25.0 Å². The molecule has 0 aliphatic rings. The summed E-state index contributed by atoms with van der Waals surface area (Å²) < 4.78 is 5.34. The first-order valence-corrected chi connectivity index (χ1v) is 9.98. The Bertz CT molecular complexity index is 899.